The van der Waals surface area contributed by atoms with E-state index < -0.39 is 6.29 Å². The van der Waals surface area contributed by atoms with E-state index in [-0.39, 0.29) is 11.5 Å². The highest BCUT2D eigenvalue weighted by molar-refractivity contribution is 5.93. The Bertz CT molecular complexity index is 929. The maximum atomic E-state index is 10.5. The summed E-state index contributed by atoms with van der Waals surface area (Å²) in [6, 6.07) is 15.6. The van der Waals surface area contributed by atoms with Crippen molar-refractivity contribution >= 4 is 0 Å². The van der Waals surface area contributed by atoms with Crippen LogP contribution in [0.2, 0.25) is 0 Å². The highest BCUT2D eigenvalue weighted by Gasteiger charge is 2.21. The molecule has 0 radical (unpaired) electrons. The van der Waals surface area contributed by atoms with Crippen LogP contribution in [0, 0.1) is 13.8 Å². The zero-order valence-electron chi connectivity index (χ0n) is 14.1. The molecule has 0 bridgehead atoms. The molecule has 0 amide bonds. The third-order valence-electron chi connectivity index (χ3n) is 4.50. The molecule has 25 heavy (non-hydrogen) atoms. The van der Waals surface area contributed by atoms with Crippen LogP contribution in [0.3, 0.4) is 0 Å². The Kier molecular flexibility index (Phi) is 4.49. The van der Waals surface area contributed by atoms with Gasteiger partial charge in [0, 0.05) is 16.7 Å². The summed E-state index contributed by atoms with van der Waals surface area (Å²) in [6.07, 6.45) is -1.61. The van der Waals surface area contributed by atoms with E-state index in [1.54, 1.807) is 25.1 Å². The summed E-state index contributed by atoms with van der Waals surface area (Å²) in [7, 11) is 0. The van der Waals surface area contributed by atoms with Crippen molar-refractivity contribution in [2.75, 3.05) is 0 Å². The zero-order chi connectivity index (χ0) is 18.1. The van der Waals surface area contributed by atoms with E-state index in [2.05, 4.69) is 0 Å². The maximum absolute atomic E-state index is 10.5. The molecule has 4 N–H and O–H groups in total. The van der Waals surface area contributed by atoms with Gasteiger partial charge >= 0.3 is 0 Å². The molecular weight excluding hydrogens is 316 g/mol. The molecule has 4 nitrogen and oxygen atoms in total. The Morgan fingerprint density at radius 3 is 1.84 bits per heavy atom. The van der Waals surface area contributed by atoms with Gasteiger partial charge in [-0.15, -0.1) is 0 Å². The smallest absolute Gasteiger partial charge is 0.178 e. The monoisotopic (exact) mass is 336 g/mol. The lowest BCUT2D eigenvalue weighted by Crippen LogP contribution is -2.00. The minimum absolute atomic E-state index is 0.0173. The van der Waals surface area contributed by atoms with E-state index in [0.717, 1.165) is 11.1 Å². The second kappa shape index (κ2) is 6.59. The van der Waals surface area contributed by atoms with Crippen molar-refractivity contribution < 1.29 is 20.4 Å². The van der Waals surface area contributed by atoms with E-state index in [1.165, 1.54) is 12.1 Å². The third-order valence-corrected chi connectivity index (χ3v) is 4.50. The molecule has 0 fully saturated rings. The van der Waals surface area contributed by atoms with Crippen LogP contribution in [0.25, 0.3) is 22.3 Å². The average Bonchev–Trinajstić information content (AvgIpc) is 2.58. The Morgan fingerprint density at radius 1 is 0.680 bits per heavy atom. The first-order valence-corrected chi connectivity index (χ1v) is 7.98. The summed E-state index contributed by atoms with van der Waals surface area (Å²) in [6.45, 7) is 3.69. The van der Waals surface area contributed by atoms with E-state index >= 15 is 0 Å². The second-order valence-electron chi connectivity index (χ2n) is 6.06. The van der Waals surface area contributed by atoms with Gasteiger partial charge in [-0.1, -0.05) is 42.5 Å². The Labute approximate surface area is 146 Å². The number of benzene rings is 3. The van der Waals surface area contributed by atoms with Gasteiger partial charge in [0.1, 0.15) is 11.5 Å². The summed E-state index contributed by atoms with van der Waals surface area (Å²) in [4.78, 5) is 0. The molecule has 3 rings (SSSR count). The lowest BCUT2D eigenvalue weighted by molar-refractivity contribution is -0.0428. The largest absolute Gasteiger partial charge is 0.507 e. The SMILES string of the molecule is Cc1ccccc1-c1c(O)ccc(O)c1-c1cccc(C(O)O)c1C. The number of aromatic hydroxyl groups is 2. The number of hydrogen-bond donors (Lipinski definition) is 4. The fourth-order valence-electron chi connectivity index (χ4n) is 3.18. The lowest BCUT2D eigenvalue weighted by atomic mass is 9.87. The minimum Gasteiger partial charge on any atom is -0.507 e. The number of phenolic OH excluding ortho intramolecular Hbond substituents is 2. The minimum atomic E-state index is -1.61. The molecule has 0 spiro atoms. The highest BCUT2D eigenvalue weighted by atomic mass is 16.5. The van der Waals surface area contributed by atoms with E-state index in [0.29, 0.717) is 27.8 Å². The van der Waals surface area contributed by atoms with Gasteiger partial charge in [0.15, 0.2) is 6.29 Å². The van der Waals surface area contributed by atoms with Gasteiger partial charge in [-0.05, 0) is 48.2 Å². The predicted octanol–water partition coefficient (Wildman–Crippen LogP) is 4.03. The lowest BCUT2D eigenvalue weighted by Gasteiger charge is -2.19. The Hall–Kier alpha value is -2.82. The number of aryl methyl sites for hydroxylation is 1. The number of rotatable bonds is 3. The predicted molar refractivity (Wildman–Crippen MR) is 97.3 cm³/mol. The molecule has 0 aliphatic heterocycles. The van der Waals surface area contributed by atoms with Crippen molar-refractivity contribution in [1.29, 1.82) is 0 Å². The first-order chi connectivity index (χ1) is 11.9. The van der Waals surface area contributed by atoms with Crippen LogP contribution >= 0.6 is 0 Å². The Balaban J connectivity index is 2.38. The van der Waals surface area contributed by atoms with Crippen molar-refractivity contribution in [3.05, 3.63) is 71.3 Å². The quantitative estimate of drug-likeness (QED) is 0.430. The van der Waals surface area contributed by atoms with Crippen LogP contribution in [0.1, 0.15) is 23.0 Å². The summed E-state index contributed by atoms with van der Waals surface area (Å²) >= 11 is 0. The van der Waals surface area contributed by atoms with Crippen LogP contribution < -0.4 is 0 Å². The van der Waals surface area contributed by atoms with Crippen LogP contribution in [0.15, 0.2) is 54.6 Å². The van der Waals surface area contributed by atoms with Crippen LogP contribution in [0.4, 0.5) is 0 Å². The topological polar surface area (TPSA) is 80.9 Å². The number of hydrogen-bond acceptors (Lipinski definition) is 4. The summed E-state index contributed by atoms with van der Waals surface area (Å²) in [5.41, 5.74) is 4.38. The highest BCUT2D eigenvalue weighted by Crippen LogP contribution is 2.46. The molecule has 0 saturated heterocycles. The second-order valence-corrected chi connectivity index (χ2v) is 6.06. The van der Waals surface area contributed by atoms with Gasteiger partial charge in [-0.25, -0.2) is 0 Å². The molecule has 4 heteroatoms. The Morgan fingerprint density at radius 2 is 1.24 bits per heavy atom. The molecule has 128 valence electrons. The molecule has 0 aliphatic rings. The molecule has 0 saturated carbocycles. The average molecular weight is 336 g/mol. The van der Waals surface area contributed by atoms with Crippen molar-refractivity contribution in [3.63, 3.8) is 0 Å². The normalized spacial score (nSPS) is 11.1. The van der Waals surface area contributed by atoms with Gasteiger partial charge in [0.2, 0.25) is 0 Å². The number of aliphatic hydroxyl groups is 2. The van der Waals surface area contributed by atoms with Crippen molar-refractivity contribution in [3.8, 4) is 33.8 Å². The molecule has 3 aromatic rings. The molecule has 3 aromatic carbocycles. The van der Waals surface area contributed by atoms with Crippen LogP contribution in [0.5, 0.6) is 11.5 Å². The molecule has 0 heterocycles. The molecular formula is C21H20O4. The van der Waals surface area contributed by atoms with Gasteiger partial charge in [-0.3, -0.25) is 0 Å². The molecule has 0 atom stereocenters. The maximum Gasteiger partial charge on any atom is 0.178 e. The molecule has 0 aromatic heterocycles. The van der Waals surface area contributed by atoms with Crippen LogP contribution in [-0.2, 0) is 0 Å². The summed E-state index contributed by atoms with van der Waals surface area (Å²) in [5, 5.41) is 40.2. The summed E-state index contributed by atoms with van der Waals surface area (Å²) in [5.74, 6) is 0.0696. The van der Waals surface area contributed by atoms with Crippen molar-refractivity contribution in [1.82, 2.24) is 0 Å². The third kappa shape index (κ3) is 2.97. The van der Waals surface area contributed by atoms with Crippen molar-refractivity contribution in [2.45, 2.75) is 20.1 Å². The standard InChI is InChI=1S/C21H20O4/c1-12-6-3-4-7-14(12)19-17(22)10-11-18(23)20(19)15-8-5-9-16(13(15)2)21(24)25/h3-11,21-25H,1-2H3. The van der Waals surface area contributed by atoms with E-state index in [4.69, 9.17) is 0 Å². The van der Waals surface area contributed by atoms with Gasteiger partial charge in [-0.2, -0.15) is 0 Å². The number of phenols is 2. The van der Waals surface area contributed by atoms with Gasteiger partial charge < -0.3 is 20.4 Å². The van der Waals surface area contributed by atoms with E-state index in [1.807, 2.05) is 31.2 Å². The zero-order valence-corrected chi connectivity index (χ0v) is 14.1. The molecule has 0 aliphatic carbocycles. The summed E-state index contributed by atoms with van der Waals surface area (Å²) < 4.78 is 0. The first-order valence-electron chi connectivity index (χ1n) is 7.98. The van der Waals surface area contributed by atoms with Gasteiger partial charge in [0.25, 0.3) is 0 Å². The fraction of sp³-hybridized carbons (Fsp3) is 0.143. The van der Waals surface area contributed by atoms with E-state index in [9.17, 15) is 20.4 Å². The number of aliphatic hydroxyl groups excluding tert-OH is 1. The fourth-order valence-corrected chi connectivity index (χ4v) is 3.18. The van der Waals surface area contributed by atoms with Gasteiger partial charge in [0.05, 0.1) is 0 Å². The first kappa shape index (κ1) is 17.0. The van der Waals surface area contributed by atoms with Crippen LogP contribution in [-0.4, -0.2) is 20.4 Å². The molecule has 0 unspecified atom stereocenters. The van der Waals surface area contributed by atoms with Crippen molar-refractivity contribution in [2.24, 2.45) is 0 Å².